The molecule has 1 aliphatic carbocycles. The van der Waals surface area contributed by atoms with Crippen LogP contribution in [0.2, 0.25) is 0 Å². The molecule has 0 saturated heterocycles. The zero-order valence-electron chi connectivity index (χ0n) is 11.2. The van der Waals surface area contributed by atoms with E-state index in [1.54, 1.807) is 0 Å². The van der Waals surface area contributed by atoms with Gasteiger partial charge >= 0.3 is 12.0 Å². The molecule has 0 atom stereocenters. The van der Waals surface area contributed by atoms with E-state index in [1.165, 1.54) is 14.2 Å². The van der Waals surface area contributed by atoms with Gasteiger partial charge in [-0.05, 0) is 31.6 Å². The first-order valence-corrected chi connectivity index (χ1v) is 6.87. The summed E-state index contributed by atoms with van der Waals surface area (Å²) in [6.07, 6.45) is 4.44. The van der Waals surface area contributed by atoms with E-state index in [4.69, 9.17) is 21.1 Å². The molecule has 1 heterocycles. The molecule has 0 aliphatic heterocycles. The number of halogens is 1. The largest absolute Gasteiger partial charge is 0.467 e. The lowest BCUT2D eigenvalue weighted by molar-refractivity contribution is 0.340. The number of alkyl halides is 1. The minimum atomic E-state index is 0.249. The van der Waals surface area contributed by atoms with Gasteiger partial charge < -0.3 is 14.8 Å². The number of ether oxygens (including phenoxy) is 2. The SMILES string of the molecule is COc1nc(NCC2CCC(Cl)CC2)nc(OC)n1. The minimum absolute atomic E-state index is 0.249. The molecule has 19 heavy (non-hydrogen) atoms. The highest BCUT2D eigenvalue weighted by atomic mass is 35.5. The monoisotopic (exact) mass is 286 g/mol. The zero-order chi connectivity index (χ0) is 13.7. The van der Waals surface area contributed by atoms with Crippen LogP contribution in [0.5, 0.6) is 12.0 Å². The van der Waals surface area contributed by atoms with Gasteiger partial charge in [0, 0.05) is 11.9 Å². The van der Waals surface area contributed by atoms with Crippen LogP contribution in [-0.4, -0.2) is 41.1 Å². The van der Waals surface area contributed by atoms with Crippen molar-refractivity contribution in [3.63, 3.8) is 0 Å². The Morgan fingerprint density at radius 2 is 1.63 bits per heavy atom. The summed E-state index contributed by atoms with van der Waals surface area (Å²) in [5.41, 5.74) is 0. The van der Waals surface area contributed by atoms with Gasteiger partial charge in [-0.1, -0.05) is 0 Å². The van der Waals surface area contributed by atoms with E-state index in [2.05, 4.69) is 20.3 Å². The number of aromatic nitrogens is 3. The fourth-order valence-corrected chi connectivity index (χ4v) is 2.41. The summed E-state index contributed by atoms with van der Waals surface area (Å²) in [4.78, 5) is 12.2. The lowest BCUT2D eigenvalue weighted by Crippen LogP contribution is -2.22. The van der Waals surface area contributed by atoms with Crippen LogP contribution < -0.4 is 14.8 Å². The first-order valence-electron chi connectivity index (χ1n) is 6.43. The van der Waals surface area contributed by atoms with E-state index in [9.17, 15) is 0 Å². The summed E-state index contributed by atoms with van der Waals surface area (Å²) in [6.45, 7) is 0.833. The molecule has 0 spiro atoms. The van der Waals surface area contributed by atoms with Crippen molar-refractivity contribution < 1.29 is 9.47 Å². The second kappa shape index (κ2) is 6.75. The first-order chi connectivity index (χ1) is 9.21. The number of hydrogen-bond donors (Lipinski definition) is 1. The second-order valence-corrected chi connectivity index (χ2v) is 5.25. The fraction of sp³-hybridized carbons (Fsp3) is 0.750. The van der Waals surface area contributed by atoms with Crippen LogP contribution in [0.4, 0.5) is 5.95 Å². The van der Waals surface area contributed by atoms with Crippen molar-refractivity contribution in [2.45, 2.75) is 31.1 Å². The summed E-state index contributed by atoms with van der Waals surface area (Å²) in [7, 11) is 3.03. The van der Waals surface area contributed by atoms with Crippen molar-refractivity contribution in [2.24, 2.45) is 5.92 Å². The Hall–Kier alpha value is -1.30. The Morgan fingerprint density at radius 3 is 2.16 bits per heavy atom. The van der Waals surface area contributed by atoms with Crippen LogP contribution in [0.25, 0.3) is 0 Å². The van der Waals surface area contributed by atoms with E-state index in [0.717, 1.165) is 32.2 Å². The minimum Gasteiger partial charge on any atom is -0.467 e. The van der Waals surface area contributed by atoms with E-state index in [1.807, 2.05) is 0 Å². The third-order valence-corrected chi connectivity index (χ3v) is 3.72. The van der Waals surface area contributed by atoms with Crippen molar-refractivity contribution in [3.8, 4) is 12.0 Å². The lowest BCUT2D eigenvalue weighted by atomic mass is 9.89. The smallest absolute Gasteiger partial charge is 0.324 e. The van der Waals surface area contributed by atoms with E-state index >= 15 is 0 Å². The molecule has 1 N–H and O–H groups in total. The van der Waals surface area contributed by atoms with Gasteiger partial charge in [0.05, 0.1) is 14.2 Å². The van der Waals surface area contributed by atoms with Crippen molar-refractivity contribution in [2.75, 3.05) is 26.1 Å². The van der Waals surface area contributed by atoms with Crippen molar-refractivity contribution >= 4 is 17.5 Å². The normalized spacial score (nSPS) is 22.9. The van der Waals surface area contributed by atoms with Crippen molar-refractivity contribution in [3.05, 3.63) is 0 Å². The van der Waals surface area contributed by atoms with E-state index in [0.29, 0.717) is 17.2 Å². The van der Waals surface area contributed by atoms with Gasteiger partial charge in [0.1, 0.15) is 0 Å². The highest BCUT2D eigenvalue weighted by Crippen LogP contribution is 2.27. The van der Waals surface area contributed by atoms with Crippen LogP contribution in [0.1, 0.15) is 25.7 Å². The predicted octanol–water partition coefficient (Wildman–Crippen LogP) is 2.10. The summed E-state index contributed by atoms with van der Waals surface area (Å²) < 4.78 is 10.0. The van der Waals surface area contributed by atoms with Crippen LogP contribution in [0, 0.1) is 5.92 Å². The van der Waals surface area contributed by atoms with Gasteiger partial charge in [-0.15, -0.1) is 16.6 Å². The van der Waals surface area contributed by atoms with Gasteiger partial charge in [0.25, 0.3) is 0 Å². The van der Waals surface area contributed by atoms with Crippen LogP contribution in [-0.2, 0) is 0 Å². The fourth-order valence-electron chi connectivity index (χ4n) is 2.16. The maximum absolute atomic E-state index is 6.09. The molecule has 1 saturated carbocycles. The summed E-state index contributed by atoms with van der Waals surface area (Å²) in [5, 5.41) is 3.55. The average Bonchev–Trinajstić information content (AvgIpc) is 2.46. The Balaban J connectivity index is 1.91. The molecule has 2 rings (SSSR count). The molecule has 1 fully saturated rings. The quantitative estimate of drug-likeness (QED) is 0.836. The standard InChI is InChI=1S/C12H19ClN4O2/c1-18-11-15-10(16-12(17-11)19-2)14-7-8-3-5-9(13)6-4-8/h8-9H,3-7H2,1-2H3,(H,14,15,16,17). The maximum atomic E-state index is 6.09. The number of anilines is 1. The average molecular weight is 287 g/mol. The molecule has 0 amide bonds. The molecular formula is C12H19ClN4O2. The van der Waals surface area contributed by atoms with Crippen LogP contribution in [0.15, 0.2) is 0 Å². The molecule has 6 nitrogen and oxygen atoms in total. The summed E-state index contributed by atoms with van der Waals surface area (Å²) in [6, 6.07) is 0.498. The predicted molar refractivity (Wildman–Crippen MR) is 73.0 cm³/mol. The number of hydrogen-bond acceptors (Lipinski definition) is 6. The van der Waals surface area contributed by atoms with Crippen LogP contribution >= 0.6 is 11.6 Å². The molecule has 1 aromatic heterocycles. The molecule has 1 aliphatic rings. The highest BCUT2D eigenvalue weighted by Gasteiger charge is 2.19. The number of methoxy groups -OCH3 is 2. The Bertz CT molecular complexity index is 388. The molecule has 0 unspecified atom stereocenters. The van der Waals surface area contributed by atoms with Gasteiger partial charge in [-0.3, -0.25) is 0 Å². The third kappa shape index (κ3) is 4.09. The number of nitrogens with zero attached hydrogens (tertiary/aromatic N) is 3. The summed E-state index contributed by atoms with van der Waals surface area (Å²) >= 11 is 6.09. The van der Waals surface area contributed by atoms with Gasteiger partial charge in [0.15, 0.2) is 0 Å². The summed E-state index contributed by atoms with van der Waals surface area (Å²) in [5.74, 6) is 1.10. The van der Waals surface area contributed by atoms with Gasteiger partial charge in [-0.2, -0.15) is 9.97 Å². The Morgan fingerprint density at radius 1 is 1.05 bits per heavy atom. The highest BCUT2D eigenvalue weighted by molar-refractivity contribution is 6.20. The van der Waals surface area contributed by atoms with Crippen molar-refractivity contribution in [1.29, 1.82) is 0 Å². The van der Waals surface area contributed by atoms with Crippen molar-refractivity contribution in [1.82, 2.24) is 15.0 Å². The van der Waals surface area contributed by atoms with Crippen LogP contribution in [0.3, 0.4) is 0 Å². The Kier molecular flexibility index (Phi) is 5.01. The van der Waals surface area contributed by atoms with E-state index < -0.39 is 0 Å². The number of rotatable bonds is 5. The number of nitrogens with one attached hydrogen (secondary N) is 1. The first kappa shape index (κ1) is 14.1. The topological polar surface area (TPSA) is 69.2 Å². The molecule has 0 bridgehead atoms. The van der Waals surface area contributed by atoms with E-state index in [-0.39, 0.29) is 12.0 Å². The molecular weight excluding hydrogens is 268 g/mol. The molecule has 1 aromatic rings. The molecule has 0 radical (unpaired) electrons. The van der Waals surface area contributed by atoms with Gasteiger partial charge in [-0.25, -0.2) is 0 Å². The second-order valence-electron chi connectivity index (χ2n) is 4.63. The molecule has 7 heteroatoms. The molecule has 106 valence electrons. The van der Waals surface area contributed by atoms with Gasteiger partial charge in [0.2, 0.25) is 5.95 Å². The maximum Gasteiger partial charge on any atom is 0.324 e. The zero-order valence-corrected chi connectivity index (χ0v) is 12.0. The third-order valence-electron chi connectivity index (χ3n) is 3.28. The molecule has 0 aromatic carbocycles. The lowest BCUT2D eigenvalue weighted by Gasteiger charge is -2.25. The Labute approximate surface area is 117 Å².